The van der Waals surface area contributed by atoms with E-state index in [2.05, 4.69) is 10.6 Å². The van der Waals surface area contributed by atoms with Crippen LogP contribution in [0.25, 0.3) is 0 Å². The number of hydrogen-bond acceptors (Lipinski definition) is 7. The zero-order valence-electron chi connectivity index (χ0n) is 17.1. The van der Waals surface area contributed by atoms with Gasteiger partial charge in [0.2, 0.25) is 10.0 Å². The van der Waals surface area contributed by atoms with Crippen LogP contribution >= 0.6 is 0 Å². The summed E-state index contributed by atoms with van der Waals surface area (Å²) in [6, 6.07) is 3.54. The van der Waals surface area contributed by atoms with Crippen molar-refractivity contribution in [1.82, 2.24) is 19.6 Å². The Morgan fingerprint density at radius 3 is 2.93 bits per heavy atom. The summed E-state index contributed by atoms with van der Waals surface area (Å²) in [6.07, 6.45) is 2.29. The molecule has 4 rings (SSSR count). The van der Waals surface area contributed by atoms with Crippen molar-refractivity contribution in [3.05, 3.63) is 41.1 Å². The quantitative estimate of drug-likeness (QED) is 0.740. The van der Waals surface area contributed by atoms with Gasteiger partial charge in [0.05, 0.1) is 12.8 Å². The van der Waals surface area contributed by atoms with Gasteiger partial charge in [-0.25, -0.2) is 22.8 Å². The second-order valence-corrected chi connectivity index (χ2v) is 9.44. The molecule has 2 aliphatic rings. The van der Waals surface area contributed by atoms with E-state index in [1.807, 2.05) is 7.05 Å². The van der Waals surface area contributed by atoms with Gasteiger partial charge in [-0.2, -0.15) is 4.31 Å². The van der Waals surface area contributed by atoms with E-state index in [1.54, 1.807) is 0 Å². The highest BCUT2D eigenvalue weighted by molar-refractivity contribution is 7.89. The first kappa shape index (κ1) is 21.0. The molecule has 2 aliphatic heterocycles. The number of fused-ring (bicyclic) bond motifs is 1. The van der Waals surface area contributed by atoms with E-state index in [-0.39, 0.29) is 23.1 Å². The number of piperidine rings is 1. The van der Waals surface area contributed by atoms with Crippen molar-refractivity contribution in [3.8, 4) is 5.75 Å². The van der Waals surface area contributed by atoms with Crippen LogP contribution in [0.4, 0.5) is 10.2 Å². The van der Waals surface area contributed by atoms with Crippen LogP contribution in [-0.4, -0.2) is 56.5 Å². The number of hydrogen-bond donors (Lipinski definition) is 2. The minimum absolute atomic E-state index is 0.125. The average Bonchev–Trinajstić information content (AvgIpc) is 2.78. The lowest BCUT2D eigenvalue weighted by atomic mass is 9.98. The fraction of sp³-hybridized carbons (Fsp3) is 0.500. The maximum atomic E-state index is 13.8. The van der Waals surface area contributed by atoms with Crippen molar-refractivity contribution >= 4 is 15.8 Å². The van der Waals surface area contributed by atoms with Crippen LogP contribution in [0.1, 0.15) is 35.8 Å². The van der Waals surface area contributed by atoms with Gasteiger partial charge in [-0.3, -0.25) is 0 Å². The van der Waals surface area contributed by atoms with E-state index in [0.29, 0.717) is 18.8 Å². The second kappa shape index (κ2) is 8.44. The van der Waals surface area contributed by atoms with E-state index in [4.69, 9.17) is 14.7 Å². The predicted octanol–water partition coefficient (Wildman–Crippen LogP) is 1.88. The Hall–Kier alpha value is -2.30. The molecule has 1 unspecified atom stereocenters. The Labute approximate surface area is 175 Å². The first-order chi connectivity index (χ1) is 14.4. The summed E-state index contributed by atoms with van der Waals surface area (Å²) in [5.74, 6) is 0.835. The predicted molar refractivity (Wildman–Crippen MR) is 111 cm³/mol. The van der Waals surface area contributed by atoms with Gasteiger partial charge >= 0.3 is 0 Å². The molecule has 1 aromatic carbocycles. The van der Waals surface area contributed by atoms with E-state index in [1.165, 1.54) is 23.5 Å². The number of aromatic nitrogens is 2. The number of sulfonamides is 1. The van der Waals surface area contributed by atoms with Crippen molar-refractivity contribution < 1.29 is 17.5 Å². The fourth-order valence-corrected chi connectivity index (χ4v) is 5.81. The number of ether oxygens (including phenoxy) is 1. The third-order valence-electron chi connectivity index (χ3n) is 5.68. The zero-order chi connectivity index (χ0) is 21.3. The molecular formula is C20H26FN5O3S. The topological polar surface area (TPSA) is 96.5 Å². The van der Waals surface area contributed by atoms with Gasteiger partial charge in [0.25, 0.3) is 0 Å². The van der Waals surface area contributed by atoms with Gasteiger partial charge in [-0.15, -0.1) is 0 Å². The monoisotopic (exact) mass is 435 g/mol. The first-order valence-corrected chi connectivity index (χ1v) is 11.5. The third-order valence-corrected chi connectivity index (χ3v) is 7.57. The van der Waals surface area contributed by atoms with Gasteiger partial charge in [0, 0.05) is 51.1 Å². The molecule has 2 N–H and O–H groups in total. The fourth-order valence-electron chi connectivity index (χ4n) is 4.11. The van der Waals surface area contributed by atoms with Gasteiger partial charge < -0.3 is 15.4 Å². The molecule has 0 saturated carbocycles. The summed E-state index contributed by atoms with van der Waals surface area (Å²) in [4.78, 5) is 9.33. The minimum Gasteiger partial charge on any atom is -0.495 e. The SMILES string of the molecule is CNc1nc(C2CCCN(S(=O)(=O)c3cc(F)ccc3OC)C2)nc2c1CNCC2. The van der Waals surface area contributed by atoms with Crippen molar-refractivity contribution in [2.75, 3.05) is 39.1 Å². The second-order valence-electron chi connectivity index (χ2n) is 7.53. The molecule has 0 amide bonds. The Morgan fingerprint density at radius 1 is 1.33 bits per heavy atom. The van der Waals surface area contributed by atoms with E-state index in [0.717, 1.165) is 49.1 Å². The normalized spacial score (nSPS) is 19.9. The number of benzene rings is 1. The minimum atomic E-state index is -3.91. The van der Waals surface area contributed by atoms with Crippen molar-refractivity contribution in [2.45, 2.75) is 36.6 Å². The molecule has 0 spiro atoms. The van der Waals surface area contributed by atoms with Crippen LogP contribution in [0.2, 0.25) is 0 Å². The molecule has 10 heteroatoms. The lowest BCUT2D eigenvalue weighted by Gasteiger charge is -2.32. The Morgan fingerprint density at radius 2 is 2.17 bits per heavy atom. The Balaban J connectivity index is 1.65. The molecule has 162 valence electrons. The molecule has 1 fully saturated rings. The molecule has 3 heterocycles. The van der Waals surface area contributed by atoms with E-state index < -0.39 is 15.8 Å². The summed E-state index contributed by atoms with van der Waals surface area (Å²) in [6.45, 7) is 2.20. The van der Waals surface area contributed by atoms with Crippen LogP contribution in [0.5, 0.6) is 5.75 Å². The summed E-state index contributed by atoms with van der Waals surface area (Å²) in [7, 11) is -0.710. The van der Waals surface area contributed by atoms with Crippen LogP contribution in [0.15, 0.2) is 23.1 Å². The van der Waals surface area contributed by atoms with Gasteiger partial charge in [0.1, 0.15) is 28.1 Å². The molecular weight excluding hydrogens is 409 g/mol. The van der Waals surface area contributed by atoms with Crippen molar-refractivity contribution in [1.29, 1.82) is 0 Å². The highest BCUT2D eigenvalue weighted by atomic mass is 32.2. The lowest BCUT2D eigenvalue weighted by Crippen LogP contribution is -2.40. The molecule has 2 aromatic rings. The molecule has 0 bridgehead atoms. The maximum absolute atomic E-state index is 13.8. The van der Waals surface area contributed by atoms with Crippen molar-refractivity contribution in [3.63, 3.8) is 0 Å². The molecule has 1 atom stereocenters. The molecule has 1 aromatic heterocycles. The molecule has 1 saturated heterocycles. The number of methoxy groups -OCH3 is 1. The van der Waals surface area contributed by atoms with Gasteiger partial charge in [-0.05, 0) is 31.0 Å². The van der Waals surface area contributed by atoms with Crippen LogP contribution in [0, 0.1) is 5.82 Å². The smallest absolute Gasteiger partial charge is 0.246 e. The number of halogens is 1. The third kappa shape index (κ3) is 3.86. The highest BCUT2D eigenvalue weighted by Gasteiger charge is 2.34. The van der Waals surface area contributed by atoms with E-state index in [9.17, 15) is 12.8 Å². The maximum Gasteiger partial charge on any atom is 0.246 e. The summed E-state index contributed by atoms with van der Waals surface area (Å²) < 4.78 is 46.9. The standard InChI is InChI=1S/C20H26FN5O3S/c1-22-20-15-11-23-8-7-16(15)24-19(25-20)13-4-3-9-26(12-13)30(27,28)18-10-14(21)5-6-17(18)29-2/h5-6,10,13,23H,3-4,7-9,11-12H2,1-2H3,(H,22,24,25). The van der Waals surface area contributed by atoms with Gasteiger partial charge in [-0.1, -0.05) is 0 Å². The van der Waals surface area contributed by atoms with E-state index >= 15 is 0 Å². The first-order valence-electron chi connectivity index (χ1n) is 10.1. The summed E-state index contributed by atoms with van der Waals surface area (Å²) in [5, 5.41) is 6.47. The van der Waals surface area contributed by atoms with Crippen LogP contribution < -0.4 is 15.4 Å². The number of rotatable bonds is 5. The number of anilines is 1. The summed E-state index contributed by atoms with van der Waals surface area (Å²) >= 11 is 0. The molecule has 8 nitrogen and oxygen atoms in total. The summed E-state index contributed by atoms with van der Waals surface area (Å²) in [5.41, 5.74) is 2.08. The molecule has 0 radical (unpaired) electrons. The Bertz CT molecular complexity index is 1030. The average molecular weight is 436 g/mol. The molecule has 0 aliphatic carbocycles. The highest BCUT2D eigenvalue weighted by Crippen LogP contribution is 2.33. The number of nitrogens with one attached hydrogen (secondary N) is 2. The largest absolute Gasteiger partial charge is 0.495 e. The van der Waals surface area contributed by atoms with Crippen molar-refractivity contribution in [2.24, 2.45) is 0 Å². The zero-order valence-corrected chi connectivity index (χ0v) is 17.9. The number of nitrogens with zero attached hydrogens (tertiary/aromatic N) is 3. The van der Waals surface area contributed by atoms with Crippen LogP contribution in [0.3, 0.4) is 0 Å². The van der Waals surface area contributed by atoms with Crippen LogP contribution in [-0.2, 0) is 23.0 Å². The Kier molecular flexibility index (Phi) is 5.90. The lowest BCUT2D eigenvalue weighted by molar-refractivity contribution is 0.306. The van der Waals surface area contributed by atoms with Gasteiger partial charge in [0.15, 0.2) is 0 Å². The molecule has 30 heavy (non-hydrogen) atoms.